The number of fused-ring (bicyclic) bond motifs is 1. The van der Waals surface area contributed by atoms with Gasteiger partial charge in [0.25, 0.3) is 5.91 Å². The van der Waals surface area contributed by atoms with Crippen molar-refractivity contribution in [3.63, 3.8) is 0 Å². The van der Waals surface area contributed by atoms with Crippen molar-refractivity contribution in [3.8, 4) is 11.5 Å². The number of phenolic OH excluding ortho intramolecular Hbond substituents is 2. The van der Waals surface area contributed by atoms with Gasteiger partial charge in [0.15, 0.2) is 16.7 Å². The number of nitrogens with zero attached hydrogens (tertiary/aromatic N) is 3. The van der Waals surface area contributed by atoms with E-state index in [1.54, 1.807) is 6.07 Å². The molecule has 0 saturated heterocycles. The van der Waals surface area contributed by atoms with Gasteiger partial charge in [0.2, 0.25) is 0 Å². The van der Waals surface area contributed by atoms with Gasteiger partial charge in [-0.15, -0.1) is 0 Å². The second-order valence-electron chi connectivity index (χ2n) is 5.27. The van der Waals surface area contributed by atoms with Crippen LogP contribution >= 0.6 is 11.8 Å². The first-order chi connectivity index (χ1) is 12.0. The predicted molar refractivity (Wildman–Crippen MR) is 96.9 cm³/mol. The van der Waals surface area contributed by atoms with E-state index in [-0.39, 0.29) is 23.2 Å². The molecule has 7 nitrogen and oxygen atoms in total. The number of imidazole rings is 1. The lowest BCUT2D eigenvalue weighted by Gasteiger charge is -2.02. The van der Waals surface area contributed by atoms with Crippen molar-refractivity contribution >= 4 is 34.9 Å². The Morgan fingerprint density at radius 2 is 2.08 bits per heavy atom. The van der Waals surface area contributed by atoms with E-state index in [0.717, 1.165) is 16.2 Å². The number of aromatic hydroxyl groups is 2. The normalized spacial score (nSPS) is 11.2. The Hall–Kier alpha value is -3.00. The number of carbonyl (C=O) groups is 1. The highest BCUT2D eigenvalue weighted by Crippen LogP contribution is 2.24. The molecule has 0 aliphatic carbocycles. The fraction of sp³-hybridized carbons (Fsp3) is 0.118. The van der Waals surface area contributed by atoms with Crippen LogP contribution in [0.3, 0.4) is 0 Å². The number of hydrogen-bond acceptors (Lipinski definition) is 6. The van der Waals surface area contributed by atoms with E-state index >= 15 is 0 Å². The fourth-order valence-corrected chi connectivity index (χ4v) is 2.99. The third-order valence-electron chi connectivity index (χ3n) is 3.48. The molecule has 0 spiro atoms. The second-order valence-corrected chi connectivity index (χ2v) is 6.21. The third-order valence-corrected chi connectivity index (χ3v) is 4.51. The predicted octanol–water partition coefficient (Wildman–Crippen LogP) is 2.23. The van der Waals surface area contributed by atoms with Gasteiger partial charge in [-0.1, -0.05) is 23.9 Å². The summed E-state index contributed by atoms with van der Waals surface area (Å²) in [6, 6.07) is 12.0. The van der Waals surface area contributed by atoms with Crippen LogP contribution in [0.2, 0.25) is 0 Å². The van der Waals surface area contributed by atoms with Crippen molar-refractivity contribution in [2.24, 2.45) is 12.1 Å². The molecule has 1 aromatic heterocycles. The number of carbonyl (C=O) groups excluding carboxylic acids is 1. The summed E-state index contributed by atoms with van der Waals surface area (Å²) >= 11 is 1.32. The van der Waals surface area contributed by atoms with Crippen molar-refractivity contribution in [2.75, 3.05) is 5.75 Å². The molecule has 0 atom stereocenters. The van der Waals surface area contributed by atoms with Gasteiger partial charge in [0.1, 0.15) is 0 Å². The van der Waals surface area contributed by atoms with Crippen LogP contribution in [-0.2, 0) is 11.8 Å². The van der Waals surface area contributed by atoms with Gasteiger partial charge in [-0.3, -0.25) is 4.79 Å². The van der Waals surface area contributed by atoms with Gasteiger partial charge in [0, 0.05) is 7.05 Å². The first-order valence-electron chi connectivity index (χ1n) is 7.43. The van der Waals surface area contributed by atoms with Crippen LogP contribution in [-0.4, -0.2) is 37.6 Å². The molecular weight excluding hydrogens is 340 g/mol. The maximum Gasteiger partial charge on any atom is 0.250 e. The summed E-state index contributed by atoms with van der Waals surface area (Å²) in [7, 11) is 1.91. The molecule has 1 amide bonds. The Balaban J connectivity index is 1.56. The van der Waals surface area contributed by atoms with E-state index in [1.165, 1.54) is 30.1 Å². The summed E-state index contributed by atoms with van der Waals surface area (Å²) in [6.45, 7) is 0. The molecule has 0 saturated carbocycles. The number of hydrazone groups is 1. The van der Waals surface area contributed by atoms with Crippen LogP contribution in [0.25, 0.3) is 11.0 Å². The topological polar surface area (TPSA) is 99.7 Å². The minimum absolute atomic E-state index is 0.176. The number of phenols is 2. The van der Waals surface area contributed by atoms with Crippen molar-refractivity contribution < 1.29 is 15.0 Å². The minimum atomic E-state index is -0.267. The molecule has 0 radical (unpaired) electrons. The third kappa shape index (κ3) is 3.92. The molecule has 8 heteroatoms. The van der Waals surface area contributed by atoms with Gasteiger partial charge < -0.3 is 14.8 Å². The molecule has 2 aromatic carbocycles. The molecule has 0 aliphatic rings. The molecule has 0 unspecified atom stereocenters. The highest BCUT2D eigenvalue weighted by atomic mass is 32.2. The zero-order valence-corrected chi connectivity index (χ0v) is 14.2. The number of amides is 1. The lowest BCUT2D eigenvalue weighted by atomic mass is 10.2. The SMILES string of the molecule is Cn1c(SCC(=O)N/N=C/c2ccc(O)c(O)c2)nc2ccccc21. The van der Waals surface area contributed by atoms with Crippen LogP contribution in [0, 0.1) is 0 Å². The summed E-state index contributed by atoms with van der Waals surface area (Å²) in [5, 5.41) is 23.2. The van der Waals surface area contributed by atoms with Crippen LogP contribution in [0.4, 0.5) is 0 Å². The fourth-order valence-electron chi connectivity index (χ4n) is 2.21. The largest absolute Gasteiger partial charge is 0.504 e. The number of thioether (sulfide) groups is 1. The van der Waals surface area contributed by atoms with Crippen LogP contribution < -0.4 is 5.43 Å². The molecule has 3 rings (SSSR count). The van der Waals surface area contributed by atoms with E-state index < -0.39 is 0 Å². The van der Waals surface area contributed by atoms with E-state index in [2.05, 4.69) is 15.5 Å². The van der Waals surface area contributed by atoms with Crippen molar-refractivity contribution in [2.45, 2.75) is 5.16 Å². The first-order valence-corrected chi connectivity index (χ1v) is 8.41. The molecule has 0 aliphatic heterocycles. The summed E-state index contributed by atoms with van der Waals surface area (Å²) in [4.78, 5) is 16.4. The highest BCUT2D eigenvalue weighted by Gasteiger charge is 2.09. The lowest BCUT2D eigenvalue weighted by Crippen LogP contribution is -2.19. The second kappa shape index (κ2) is 7.27. The lowest BCUT2D eigenvalue weighted by molar-refractivity contribution is -0.118. The molecular formula is C17H16N4O3S. The average molecular weight is 356 g/mol. The molecule has 3 N–H and O–H groups in total. The Morgan fingerprint density at radius 3 is 2.84 bits per heavy atom. The van der Waals surface area contributed by atoms with Crippen molar-refractivity contribution in [3.05, 3.63) is 48.0 Å². The first kappa shape index (κ1) is 16.8. The number of aromatic nitrogens is 2. The van der Waals surface area contributed by atoms with Crippen LogP contribution in [0.15, 0.2) is 52.7 Å². The number of benzene rings is 2. The maximum atomic E-state index is 11.9. The standard InChI is InChI=1S/C17H16N4O3S/c1-21-13-5-3-2-4-12(13)19-17(21)25-10-16(24)20-18-9-11-6-7-14(22)15(23)8-11/h2-9,22-23H,10H2,1H3,(H,20,24)/b18-9+. The van der Waals surface area contributed by atoms with E-state index in [9.17, 15) is 15.0 Å². The minimum Gasteiger partial charge on any atom is -0.504 e. The Kier molecular flexibility index (Phi) is 4.90. The number of para-hydroxylation sites is 2. The molecule has 3 aromatic rings. The molecule has 128 valence electrons. The number of hydrogen-bond donors (Lipinski definition) is 3. The van der Waals surface area contributed by atoms with E-state index in [4.69, 9.17) is 0 Å². The number of nitrogens with one attached hydrogen (secondary N) is 1. The number of aryl methyl sites for hydroxylation is 1. The zero-order valence-electron chi connectivity index (χ0n) is 13.4. The Labute approximate surface area is 148 Å². The Bertz CT molecular complexity index is 952. The van der Waals surface area contributed by atoms with E-state index in [0.29, 0.717) is 5.56 Å². The van der Waals surface area contributed by atoms with Crippen molar-refractivity contribution in [1.29, 1.82) is 0 Å². The quantitative estimate of drug-likeness (QED) is 0.282. The average Bonchev–Trinajstić information content (AvgIpc) is 2.93. The summed E-state index contributed by atoms with van der Waals surface area (Å²) < 4.78 is 1.94. The van der Waals surface area contributed by atoms with Gasteiger partial charge >= 0.3 is 0 Å². The van der Waals surface area contributed by atoms with Gasteiger partial charge in [0.05, 0.1) is 23.0 Å². The maximum absolute atomic E-state index is 11.9. The molecule has 25 heavy (non-hydrogen) atoms. The summed E-state index contributed by atoms with van der Waals surface area (Å²) in [5.74, 6) is -0.543. The monoisotopic (exact) mass is 356 g/mol. The summed E-state index contributed by atoms with van der Waals surface area (Å²) in [6.07, 6.45) is 1.39. The Morgan fingerprint density at radius 1 is 1.28 bits per heavy atom. The van der Waals surface area contributed by atoms with Gasteiger partial charge in [-0.05, 0) is 35.9 Å². The van der Waals surface area contributed by atoms with Gasteiger partial charge in [-0.2, -0.15) is 5.10 Å². The smallest absolute Gasteiger partial charge is 0.250 e. The zero-order chi connectivity index (χ0) is 17.8. The van der Waals surface area contributed by atoms with Gasteiger partial charge in [-0.25, -0.2) is 10.4 Å². The highest BCUT2D eigenvalue weighted by molar-refractivity contribution is 7.99. The molecule has 1 heterocycles. The molecule has 0 fully saturated rings. The molecule has 0 bridgehead atoms. The van der Waals surface area contributed by atoms with Crippen LogP contribution in [0.5, 0.6) is 11.5 Å². The summed E-state index contributed by atoms with van der Waals surface area (Å²) in [5.41, 5.74) is 4.87. The van der Waals surface area contributed by atoms with Crippen LogP contribution in [0.1, 0.15) is 5.56 Å². The number of rotatable bonds is 5. The van der Waals surface area contributed by atoms with E-state index in [1.807, 2.05) is 35.9 Å². The van der Waals surface area contributed by atoms with Crippen molar-refractivity contribution in [1.82, 2.24) is 15.0 Å².